The molecule has 0 amide bonds. The largest absolute Gasteiger partial charge is 0.508 e. The predicted molar refractivity (Wildman–Crippen MR) is 144 cm³/mol. The predicted octanol–water partition coefficient (Wildman–Crippen LogP) is 3.52. The highest BCUT2D eigenvalue weighted by molar-refractivity contribution is 7.92. The van der Waals surface area contributed by atoms with Crippen LogP contribution in [0, 0.1) is 11.6 Å². The van der Waals surface area contributed by atoms with Gasteiger partial charge in [0.25, 0.3) is 5.56 Å². The lowest BCUT2D eigenvalue weighted by atomic mass is 10.0. The zero-order valence-electron chi connectivity index (χ0n) is 20.5. The van der Waals surface area contributed by atoms with E-state index in [4.69, 9.17) is 17.3 Å². The minimum absolute atomic E-state index is 0.0187. The molecule has 0 aliphatic carbocycles. The van der Waals surface area contributed by atoms with Crippen molar-refractivity contribution in [1.82, 2.24) is 19.3 Å². The van der Waals surface area contributed by atoms with Gasteiger partial charge in [0.05, 0.1) is 44.8 Å². The Hall–Kier alpha value is -4.07. The highest BCUT2D eigenvalue weighted by Crippen LogP contribution is 2.35. The van der Waals surface area contributed by atoms with Crippen LogP contribution < -0.4 is 16.0 Å². The normalized spacial score (nSPS) is 12.8. The number of aromatic hydroxyl groups is 1. The summed E-state index contributed by atoms with van der Waals surface area (Å²) < 4.78 is 56.6. The third kappa shape index (κ3) is 5.03. The van der Waals surface area contributed by atoms with Crippen LogP contribution in [0.4, 0.5) is 14.6 Å². The number of anilines is 1. The SMILES string of the molecule is Cn1nc(NS(C)(=O)=O)c2c(Cl)ccc(-n3c([C@@H](N)Cc4cc(F)cc(F)c4)nc4cc(O)ccc4c3=O)c21. The van der Waals surface area contributed by atoms with Gasteiger partial charge in [-0.25, -0.2) is 22.2 Å². The van der Waals surface area contributed by atoms with E-state index >= 15 is 0 Å². The second-order valence-electron chi connectivity index (χ2n) is 9.04. The van der Waals surface area contributed by atoms with E-state index in [1.54, 1.807) is 7.05 Å². The van der Waals surface area contributed by atoms with Crippen LogP contribution in [0.3, 0.4) is 0 Å². The number of halogens is 3. The van der Waals surface area contributed by atoms with Gasteiger partial charge in [0, 0.05) is 19.2 Å². The molecule has 0 radical (unpaired) electrons. The number of fused-ring (bicyclic) bond motifs is 2. The quantitative estimate of drug-likeness (QED) is 0.281. The average Bonchev–Trinajstić information content (AvgIpc) is 3.14. The third-order valence-corrected chi connectivity index (χ3v) is 6.91. The Balaban J connectivity index is 1.81. The third-order valence-electron chi connectivity index (χ3n) is 6.03. The van der Waals surface area contributed by atoms with E-state index < -0.39 is 33.3 Å². The van der Waals surface area contributed by atoms with Gasteiger partial charge in [-0.15, -0.1) is 0 Å². The van der Waals surface area contributed by atoms with Crippen molar-refractivity contribution in [3.8, 4) is 11.4 Å². The lowest BCUT2D eigenvalue weighted by Gasteiger charge is -2.20. The molecule has 14 heteroatoms. The Morgan fingerprint density at radius 3 is 2.49 bits per heavy atom. The molecule has 3 aromatic carbocycles. The smallest absolute Gasteiger partial charge is 0.266 e. The molecule has 1 atom stereocenters. The number of nitrogens with zero attached hydrogens (tertiary/aromatic N) is 4. The van der Waals surface area contributed by atoms with Gasteiger partial charge < -0.3 is 10.8 Å². The second kappa shape index (κ2) is 9.59. The monoisotopic (exact) mass is 574 g/mol. The van der Waals surface area contributed by atoms with E-state index in [9.17, 15) is 27.1 Å². The molecule has 202 valence electrons. The molecule has 0 fully saturated rings. The maximum Gasteiger partial charge on any atom is 0.266 e. The molecular weight excluding hydrogens is 554 g/mol. The zero-order chi connectivity index (χ0) is 28.2. The van der Waals surface area contributed by atoms with Gasteiger partial charge in [0.2, 0.25) is 10.0 Å². The van der Waals surface area contributed by atoms with Gasteiger partial charge in [0.15, 0.2) is 5.82 Å². The number of nitrogens with two attached hydrogens (primary N) is 1. The maximum absolute atomic E-state index is 13.9. The highest BCUT2D eigenvalue weighted by atomic mass is 35.5. The molecule has 0 unspecified atom stereocenters. The number of rotatable bonds is 6. The van der Waals surface area contributed by atoms with Gasteiger partial charge in [0.1, 0.15) is 23.2 Å². The van der Waals surface area contributed by atoms with Crippen LogP contribution in [-0.4, -0.2) is 39.1 Å². The van der Waals surface area contributed by atoms with Gasteiger partial charge >= 0.3 is 0 Å². The molecule has 0 bridgehead atoms. The Labute approximate surface area is 225 Å². The van der Waals surface area contributed by atoms with Gasteiger partial charge in [-0.3, -0.25) is 18.8 Å². The molecule has 0 aliphatic rings. The van der Waals surface area contributed by atoms with E-state index in [0.717, 1.165) is 24.5 Å². The summed E-state index contributed by atoms with van der Waals surface area (Å²) in [5, 5.41) is 14.8. The standard InChI is InChI=1S/C25H21ClF2N6O4S/c1-33-22-20(6-5-17(26)21(22)23(31-33)32-39(2,37)38)34-24(18(29)9-12-7-13(27)10-14(28)8-12)30-19-11-15(35)3-4-16(19)25(34)36/h3-8,10-11,18,35H,9,29H2,1-2H3,(H,31,32)/t18-/m0/s1. The van der Waals surface area contributed by atoms with E-state index in [0.29, 0.717) is 5.52 Å². The van der Waals surface area contributed by atoms with Crippen LogP contribution in [0.1, 0.15) is 17.4 Å². The maximum atomic E-state index is 13.9. The molecule has 5 aromatic rings. The van der Waals surface area contributed by atoms with E-state index in [-0.39, 0.29) is 56.4 Å². The number of phenols is 1. The number of benzene rings is 3. The topological polar surface area (TPSA) is 145 Å². The van der Waals surface area contributed by atoms with Crippen LogP contribution in [-0.2, 0) is 23.5 Å². The van der Waals surface area contributed by atoms with Crippen molar-refractivity contribution in [2.24, 2.45) is 12.8 Å². The summed E-state index contributed by atoms with van der Waals surface area (Å²) in [5.41, 5.74) is 6.85. The molecule has 10 nitrogen and oxygen atoms in total. The molecular formula is C25H21ClF2N6O4S. The van der Waals surface area contributed by atoms with Crippen molar-refractivity contribution in [1.29, 1.82) is 0 Å². The van der Waals surface area contributed by atoms with Crippen molar-refractivity contribution in [2.45, 2.75) is 12.5 Å². The molecule has 2 aromatic heterocycles. The first-order valence-electron chi connectivity index (χ1n) is 11.4. The summed E-state index contributed by atoms with van der Waals surface area (Å²) in [6, 6.07) is 8.99. The summed E-state index contributed by atoms with van der Waals surface area (Å²) in [6.45, 7) is 0. The Morgan fingerprint density at radius 1 is 1.13 bits per heavy atom. The Morgan fingerprint density at radius 2 is 1.82 bits per heavy atom. The molecule has 2 heterocycles. The highest BCUT2D eigenvalue weighted by Gasteiger charge is 2.25. The van der Waals surface area contributed by atoms with Gasteiger partial charge in [-0.05, 0) is 48.4 Å². The fourth-order valence-corrected chi connectivity index (χ4v) is 5.27. The molecule has 0 saturated heterocycles. The fraction of sp³-hybridized carbons (Fsp3) is 0.160. The van der Waals surface area contributed by atoms with Crippen molar-refractivity contribution in [2.75, 3.05) is 11.0 Å². The average molecular weight is 575 g/mol. The minimum Gasteiger partial charge on any atom is -0.508 e. The van der Waals surface area contributed by atoms with Crippen LogP contribution in [0.25, 0.3) is 27.5 Å². The van der Waals surface area contributed by atoms with Crippen LogP contribution >= 0.6 is 11.6 Å². The molecule has 0 spiro atoms. The lowest BCUT2D eigenvalue weighted by molar-refractivity contribution is 0.476. The van der Waals surface area contributed by atoms with Crippen molar-refractivity contribution < 1.29 is 22.3 Å². The van der Waals surface area contributed by atoms with E-state index in [1.807, 2.05) is 0 Å². The molecule has 4 N–H and O–H groups in total. The number of phenolic OH excluding ortho intramolecular Hbond substituents is 1. The number of sulfonamides is 1. The van der Waals surface area contributed by atoms with E-state index in [1.165, 1.54) is 39.6 Å². The second-order valence-corrected chi connectivity index (χ2v) is 11.2. The molecule has 5 rings (SSSR count). The molecule has 39 heavy (non-hydrogen) atoms. The minimum atomic E-state index is -3.72. The number of hydrogen-bond donors (Lipinski definition) is 3. The van der Waals surface area contributed by atoms with Crippen LogP contribution in [0.2, 0.25) is 5.02 Å². The first kappa shape index (κ1) is 26.5. The van der Waals surface area contributed by atoms with Crippen LogP contribution in [0.5, 0.6) is 5.75 Å². The molecule has 0 saturated carbocycles. The Bertz CT molecular complexity index is 1940. The van der Waals surface area contributed by atoms with Gasteiger partial charge in [-0.2, -0.15) is 5.10 Å². The van der Waals surface area contributed by atoms with Crippen molar-refractivity contribution in [3.63, 3.8) is 0 Å². The van der Waals surface area contributed by atoms with E-state index in [2.05, 4.69) is 14.8 Å². The first-order chi connectivity index (χ1) is 18.3. The number of aryl methyl sites for hydroxylation is 1. The summed E-state index contributed by atoms with van der Waals surface area (Å²) in [4.78, 5) is 18.4. The summed E-state index contributed by atoms with van der Waals surface area (Å²) in [5.74, 6) is -1.73. The lowest BCUT2D eigenvalue weighted by Crippen LogP contribution is -2.30. The van der Waals surface area contributed by atoms with Crippen molar-refractivity contribution in [3.05, 3.63) is 86.9 Å². The zero-order valence-corrected chi connectivity index (χ0v) is 22.1. The number of hydrogen-bond acceptors (Lipinski definition) is 7. The number of nitrogens with one attached hydrogen (secondary N) is 1. The summed E-state index contributed by atoms with van der Waals surface area (Å²) in [6.07, 6.45) is 0.874. The first-order valence-corrected chi connectivity index (χ1v) is 13.7. The summed E-state index contributed by atoms with van der Waals surface area (Å²) in [7, 11) is -2.18. The fourth-order valence-electron chi connectivity index (χ4n) is 4.53. The number of aromatic nitrogens is 4. The Kier molecular flexibility index (Phi) is 6.53. The molecule has 0 aliphatic heterocycles. The van der Waals surface area contributed by atoms with Crippen LogP contribution in [0.15, 0.2) is 53.3 Å². The summed E-state index contributed by atoms with van der Waals surface area (Å²) >= 11 is 6.44. The van der Waals surface area contributed by atoms with Gasteiger partial charge in [-0.1, -0.05) is 11.6 Å². The van der Waals surface area contributed by atoms with Crippen molar-refractivity contribution >= 4 is 49.2 Å².